The van der Waals surface area contributed by atoms with Gasteiger partial charge in [0.1, 0.15) is 5.75 Å². The van der Waals surface area contributed by atoms with Gasteiger partial charge in [-0.3, -0.25) is 0 Å². The van der Waals surface area contributed by atoms with Crippen LogP contribution in [0.4, 0.5) is 5.69 Å². The largest absolute Gasteiger partial charge is 0.497 e. The second-order valence-electron chi connectivity index (χ2n) is 7.00. The van der Waals surface area contributed by atoms with Crippen LogP contribution in [0.15, 0.2) is 40.9 Å². The molecule has 0 saturated heterocycles. The molecule has 1 N–H and O–H groups in total. The molecule has 136 valence electrons. The third-order valence-corrected chi connectivity index (χ3v) is 6.41. The average molecular weight is 416 g/mol. The Labute approximate surface area is 162 Å². The van der Waals surface area contributed by atoms with Gasteiger partial charge in [-0.05, 0) is 66.1 Å². The molecule has 2 aromatic carbocycles. The molecule has 0 spiro atoms. The van der Waals surface area contributed by atoms with Crippen LogP contribution in [0.1, 0.15) is 52.7 Å². The van der Waals surface area contributed by atoms with Gasteiger partial charge >= 0.3 is 5.97 Å². The maximum Gasteiger partial charge on any atom is 0.337 e. The Morgan fingerprint density at radius 2 is 1.96 bits per heavy atom. The SMILES string of the molecule is COC(=O)c1ccc([C@@H]2Nc3ccc(OC)cc3[C@@H]3CCC[C@@H]32)c(Br)c1. The lowest BCUT2D eigenvalue weighted by molar-refractivity contribution is 0.0600. The highest BCUT2D eigenvalue weighted by atomic mass is 79.9. The second-order valence-corrected chi connectivity index (χ2v) is 7.86. The molecule has 4 rings (SSSR count). The van der Waals surface area contributed by atoms with Gasteiger partial charge in [0.2, 0.25) is 0 Å². The number of hydrogen-bond donors (Lipinski definition) is 1. The standard InChI is InChI=1S/C21H22BrNO3/c1-25-13-7-9-19-17(11-13)14-4-3-5-15(14)20(23-19)16-8-6-12(10-18(16)22)21(24)26-2/h6-11,14-15,20,23H,3-5H2,1-2H3/t14-,15+,20-/m1/s1. The highest BCUT2D eigenvalue weighted by Crippen LogP contribution is 2.54. The second kappa shape index (κ2) is 6.95. The Kier molecular flexibility index (Phi) is 4.65. The van der Waals surface area contributed by atoms with Crippen molar-refractivity contribution in [2.24, 2.45) is 5.92 Å². The van der Waals surface area contributed by atoms with Gasteiger partial charge in [-0.2, -0.15) is 0 Å². The van der Waals surface area contributed by atoms with Gasteiger partial charge < -0.3 is 14.8 Å². The van der Waals surface area contributed by atoms with E-state index in [9.17, 15) is 4.79 Å². The van der Waals surface area contributed by atoms with Crippen molar-refractivity contribution in [1.29, 1.82) is 0 Å². The number of rotatable bonds is 3. The number of anilines is 1. The predicted octanol–water partition coefficient (Wildman–Crippen LogP) is 5.29. The fourth-order valence-corrected chi connectivity index (χ4v) is 5.11. The average Bonchev–Trinajstić information content (AvgIpc) is 3.16. The maximum absolute atomic E-state index is 11.8. The summed E-state index contributed by atoms with van der Waals surface area (Å²) in [7, 11) is 3.12. The number of hydrogen-bond acceptors (Lipinski definition) is 4. The molecule has 2 aromatic rings. The summed E-state index contributed by atoms with van der Waals surface area (Å²) in [6.45, 7) is 0. The maximum atomic E-state index is 11.8. The summed E-state index contributed by atoms with van der Waals surface area (Å²) >= 11 is 3.67. The van der Waals surface area contributed by atoms with E-state index in [4.69, 9.17) is 9.47 Å². The van der Waals surface area contributed by atoms with Crippen molar-refractivity contribution in [1.82, 2.24) is 0 Å². The lowest BCUT2D eigenvalue weighted by Gasteiger charge is -2.38. The van der Waals surface area contributed by atoms with Crippen LogP contribution in [0.25, 0.3) is 0 Å². The molecule has 0 aromatic heterocycles. The van der Waals surface area contributed by atoms with E-state index in [0.717, 1.165) is 10.2 Å². The molecular formula is C21H22BrNO3. The smallest absolute Gasteiger partial charge is 0.337 e. The molecule has 2 aliphatic rings. The number of carbonyl (C=O) groups is 1. The van der Waals surface area contributed by atoms with Crippen LogP contribution < -0.4 is 10.1 Å². The van der Waals surface area contributed by atoms with Crippen molar-refractivity contribution < 1.29 is 14.3 Å². The molecule has 1 aliphatic carbocycles. The van der Waals surface area contributed by atoms with Gasteiger partial charge in [0, 0.05) is 10.2 Å². The molecule has 1 aliphatic heterocycles. The van der Waals surface area contributed by atoms with Crippen LogP contribution >= 0.6 is 15.9 Å². The third-order valence-electron chi connectivity index (χ3n) is 5.72. The molecule has 1 heterocycles. The van der Waals surface area contributed by atoms with Crippen LogP contribution in [0.5, 0.6) is 5.75 Å². The topological polar surface area (TPSA) is 47.6 Å². The fraction of sp³-hybridized carbons (Fsp3) is 0.381. The molecular weight excluding hydrogens is 394 g/mol. The number of carbonyl (C=O) groups excluding carboxylic acids is 1. The van der Waals surface area contributed by atoms with Crippen LogP contribution in [0, 0.1) is 5.92 Å². The molecule has 0 amide bonds. The molecule has 26 heavy (non-hydrogen) atoms. The molecule has 0 radical (unpaired) electrons. The number of benzene rings is 2. The van der Waals surface area contributed by atoms with E-state index in [2.05, 4.69) is 33.4 Å². The Morgan fingerprint density at radius 1 is 1.12 bits per heavy atom. The summed E-state index contributed by atoms with van der Waals surface area (Å²) in [6.07, 6.45) is 3.65. The first kappa shape index (κ1) is 17.4. The Morgan fingerprint density at radius 3 is 2.69 bits per heavy atom. The fourth-order valence-electron chi connectivity index (χ4n) is 4.49. The van der Waals surface area contributed by atoms with Gasteiger partial charge in [0.25, 0.3) is 0 Å². The molecule has 0 unspecified atom stereocenters. The van der Waals surface area contributed by atoms with E-state index < -0.39 is 0 Å². The van der Waals surface area contributed by atoms with Crippen LogP contribution in [-0.2, 0) is 4.74 Å². The zero-order valence-corrected chi connectivity index (χ0v) is 16.5. The molecule has 4 nitrogen and oxygen atoms in total. The van der Waals surface area contributed by atoms with Crippen molar-refractivity contribution in [2.45, 2.75) is 31.2 Å². The molecule has 0 bridgehead atoms. The number of esters is 1. The summed E-state index contributed by atoms with van der Waals surface area (Å²) in [5.41, 5.74) is 4.30. The van der Waals surface area contributed by atoms with E-state index in [1.54, 1.807) is 7.11 Å². The van der Waals surface area contributed by atoms with Gasteiger partial charge in [0.15, 0.2) is 0 Å². The summed E-state index contributed by atoms with van der Waals surface area (Å²) < 4.78 is 11.2. The van der Waals surface area contributed by atoms with Crippen LogP contribution in [0.2, 0.25) is 0 Å². The third kappa shape index (κ3) is 2.88. The number of ether oxygens (including phenoxy) is 2. The lowest BCUT2D eigenvalue weighted by atomic mass is 9.77. The minimum absolute atomic E-state index is 0.226. The highest BCUT2D eigenvalue weighted by molar-refractivity contribution is 9.10. The van der Waals surface area contributed by atoms with E-state index >= 15 is 0 Å². The minimum Gasteiger partial charge on any atom is -0.497 e. The van der Waals surface area contributed by atoms with Crippen LogP contribution in [-0.4, -0.2) is 20.2 Å². The van der Waals surface area contributed by atoms with Gasteiger partial charge in [0.05, 0.1) is 25.8 Å². The van der Waals surface area contributed by atoms with Crippen LogP contribution in [0.3, 0.4) is 0 Å². The monoisotopic (exact) mass is 415 g/mol. The van der Waals surface area contributed by atoms with Crippen molar-refractivity contribution in [2.75, 3.05) is 19.5 Å². The summed E-state index contributed by atoms with van der Waals surface area (Å²) in [6, 6.07) is 12.3. The lowest BCUT2D eigenvalue weighted by Crippen LogP contribution is -2.29. The summed E-state index contributed by atoms with van der Waals surface area (Å²) in [4.78, 5) is 11.8. The van der Waals surface area contributed by atoms with Crippen molar-refractivity contribution in [3.05, 3.63) is 57.6 Å². The van der Waals surface area contributed by atoms with E-state index in [0.29, 0.717) is 17.4 Å². The van der Waals surface area contributed by atoms with Crippen molar-refractivity contribution in [3.63, 3.8) is 0 Å². The highest BCUT2D eigenvalue weighted by Gasteiger charge is 2.41. The van der Waals surface area contributed by atoms with Gasteiger partial charge in [-0.1, -0.05) is 28.4 Å². The Balaban J connectivity index is 1.72. The minimum atomic E-state index is -0.315. The normalized spacial score (nSPS) is 23.6. The number of methoxy groups -OCH3 is 2. The summed E-state index contributed by atoms with van der Waals surface area (Å²) in [5, 5.41) is 3.74. The zero-order chi connectivity index (χ0) is 18.3. The Bertz CT molecular complexity index is 851. The molecule has 5 heteroatoms. The molecule has 1 fully saturated rings. The predicted molar refractivity (Wildman–Crippen MR) is 105 cm³/mol. The van der Waals surface area contributed by atoms with Gasteiger partial charge in [-0.25, -0.2) is 4.79 Å². The first-order valence-electron chi connectivity index (χ1n) is 8.94. The first-order chi connectivity index (χ1) is 12.6. The number of halogens is 1. The number of nitrogens with one attached hydrogen (secondary N) is 1. The van der Waals surface area contributed by atoms with E-state index in [1.165, 1.54) is 43.2 Å². The summed E-state index contributed by atoms with van der Waals surface area (Å²) in [5.74, 6) is 1.68. The zero-order valence-electron chi connectivity index (χ0n) is 14.9. The molecule has 1 saturated carbocycles. The Hall–Kier alpha value is -2.01. The van der Waals surface area contributed by atoms with Crippen molar-refractivity contribution >= 4 is 27.6 Å². The first-order valence-corrected chi connectivity index (χ1v) is 9.74. The van der Waals surface area contributed by atoms with Crippen molar-refractivity contribution in [3.8, 4) is 5.75 Å². The number of fused-ring (bicyclic) bond motifs is 3. The van der Waals surface area contributed by atoms with E-state index in [1.807, 2.05) is 24.3 Å². The quantitative estimate of drug-likeness (QED) is 0.691. The molecule has 3 atom stereocenters. The van der Waals surface area contributed by atoms with E-state index in [-0.39, 0.29) is 12.0 Å². The van der Waals surface area contributed by atoms with Gasteiger partial charge in [-0.15, -0.1) is 0 Å².